The molecule has 2 aromatic rings. The van der Waals surface area contributed by atoms with E-state index < -0.39 is 11.6 Å². The number of carbonyl (C=O) groups is 1. The van der Waals surface area contributed by atoms with Gasteiger partial charge in [0.15, 0.2) is 0 Å². The summed E-state index contributed by atoms with van der Waals surface area (Å²) in [6.07, 6.45) is 2.01. The molecule has 0 saturated heterocycles. The number of hydrogen-bond donors (Lipinski definition) is 3. The van der Waals surface area contributed by atoms with Crippen LogP contribution >= 0.6 is 0 Å². The second kappa shape index (κ2) is 7.23. The van der Waals surface area contributed by atoms with Crippen molar-refractivity contribution in [2.24, 2.45) is 5.92 Å². The number of aliphatic hydroxyl groups is 1. The zero-order valence-electron chi connectivity index (χ0n) is 14.2. The third-order valence-corrected chi connectivity index (χ3v) is 4.80. The molecule has 2 unspecified atom stereocenters. The molecule has 4 nitrogen and oxygen atoms in total. The van der Waals surface area contributed by atoms with Crippen LogP contribution in [0.4, 0.5) is 9.18 Å². The second-order valence-electron chi connectivity index (χ2n) is 6.85. The number of benzene rings is 2. The molecule has 2 atom stereocenters. The summed E-state index contributed by atoms with van der Waals surface area (Å²) in [4.78, 5) is 12.6. The summed E-state index contributed by atoms with van der Waals surface area (Å²) in [5.74, 6) is -0.0496. The van der Waals surface area contributed by atoms with Crippen molar-refractivity contribution in [1.82, 2.24) is 10.6 Å². The normalized spacial score (nSPS) is 17.4. The summed E-state index contributed by atoms with van der Waals surface area (Å²) in [6.45, 7) is 1.74. The highest BCUT2D eigenvalue weighted by atomic mass is 19.1. The predicted molar refractivity (Wildman–Crippen MR) is 94.6 cm³/mol. The Morgan fingerprint density at radius 2 is 1.88 bits per heavy atom. The maximum absolute atomic E-state index is 13.7. The van der Waals surface area contributed by atoms with Gasteiger partial charge >= 0.3 is 6.03 Å². The quantitative estimate of drug-likeness (QED) is 0.754. The lowest BCUT2D eigenvalue weighted by molar-refractivity contribution is 0.154. The first-order valence-electron chi connectivity index (χ1n) is 8.52. The first kappa shape index (κ1) is 17.4. The Morgan fingerprint density at radius 1 is 1.20 bits per heavy atom. The minimum Gasteiger partial charge on any atom is -0.394 e. The number of amides is 2. The minimum absolute atomic E-state index is 0.110. The third-order valence-electron chi connectivity index (χ3n) is 4.80. The van der Waals surface area contributed by atoms with Crippen LogP contribution in [0.1, 0.15) is 36.9 Å². The number of nitrogens with one attached hydrogen (secondary N) is 2. The fourth-order valence-corrected chi connectivity index (χ4v) is 3.11. The fourth-order valence-electron chi connectivity index (χ4n) is 3.11. The van der Waals surface area contributed by atoms with Gasteiger partial charge in [-0.25, -0.2) is 9.18 Å². The number of rotatable bonds is 6. The SMILES string of the molecule is CC(CO)(NC(=O)NC(c1ccccc1)c1cccc(F)c1)C1CC1. The molecule has 0 radical (unpaired) electrons. The fraction of sp³-hybridized carbons (Fsp3) is 0.350. The molecule has 3 rings (SSSR count). The molecular weight excluding hydrogens is 319 g/mol. The summed E-state index contributed by atoms with van der Waals surface area (Å²) < 4.78 is 13.7. The molecule has 0 heterocycles. The summed E-state index contributed by atoms with van der Waals surface area (Å²) in [7, 11) is 0. The van der Waals surface area contributed by atoms with Crippen LogP contribution in [0, 0.1) is 11.7 Å². The molecule has 0 aliphatic heterocycles. The average molecular weight is 342 g/mol. The summed E-state index contributed by atoms with van der Waals surface area (Å²) >= 11 is 0. The number of aliphatic hydroxyl groups excluding tert-OH is 1. The van der Waals surface area contributed by atoms with Crippen LogP contribution in [0.25, 0.3) is 0 Å². The Balaban J connectivity index is 1.81. The van der Waals surface area contributed by atoms with E-state index in [1.807, 2.05) is 37.3 Å². The van der Waals surface area contributed by atoms with E-state index in [1.165, 1.54) is 12.1 Å². The summed E-state index contributed by atoms with van der Waals surface area (Å²) in [6, 6.07) is 14.8. The van der Waals surface area contributed by atoms with E-state index in [0.29, 0.717) is 11.5 Å². The molecule has 0 aromatic heterocycles. The van der Waals surface area contributed by atoms with Crippen molar-refractivity contribution in [1.29, 1.82) is 0 Å². The van der Waals surface area contributed by atoms with Crippen molar-refractivity contribution in [3.63, 3.8) is 0 Å². The highest BCUT2D eigenvalue weighted by Crippen LogP contribution is 2.39. The number of urea groups is 1. The van der Waals surface area contributed by atoms with Crippen molar-refractivity contribution in [3.8, 4) is 0 Å². The van der Waals surface area contributed by atoms with E-state index in [-0.39, 0.29) is 18.5 Å². The Kier molecular flexibility index (Phi) is 5.04. The molecule has 1 fully saturated rings. The van der Waals surface area contributed by atoms with Crippen LogP contribution in [-0.2, 0) is 0 Å². The average Bonchev–Trinajstić information content (AvgIpc) is 3.46. The van der Waals surface area contributed by atoms with E-state index >= 15 is 0 Å². The molecule has 132 valence electrons. The summed E-state index contributed by atoms with van der Waals surface area (Å²) in [5.41, 5.74) is 0.895. The van der Waals surface area contributed by atoms with Crippen LogP contribution in [0.5, 0.6) is 0 Å². The maximum Gasteiger partial charge on any atom is 0.316 e. The lowest BCUT2D eigenvalue weighted by atomic mass is 9.96. The Morgan fingerprint density at radius 3 is 2.48 bits per heavy atom. The van der Waals surface area contributed by atoms with Gasteiger partial charge in [-0.05, 0) is 48.9 Å². The smallest absolute Gasteiger partial charge is 0.316 e. The van der Waals surface area contributed by atoms with Gasteiger partial charge in [0.1, 0.15) is 5.82 Å². The van der Waals surface area contributed by atoms with Crippen molar-refractivity contribution < 1.29 is 14.3 Å². The molecule has 0 spiro atoms. The second-order valence-corrected chi connectivity index (χ2v) is 6.85. The highest BCUT2D eigenvalue weighted by Gasteiger charge is 2.42. The standard InChI is InChI=1S/C20H23FN2O2/c1-20(13-24,16-10-11-16)23-19(25)22-18(14-6-3-2-4-7-14)15-8-5-9-17(21)12-15/h2-9,12,16,18,24H,10-11,13H2,1H3,(H2,22,23,25). The van der Waals surface area contributed by atoms with Gasteiger partial charge in [0.25, 0.3) is 0 Å². The minimum atomic E-state index is -0.632. The number of halogens is 1. The molecule has 0 bridgehead atoms. The predicted octanol–water partition coefficient (Wildman–Crippen LogP) is 3.38. The first-order chi connectivity index (χ1) is 12.0. The molecule has 1 aliphatic carbocycles. The highest BCUT2D eigenvalue weighted by molar-refractivity contribution is 5.76. The molecule has 1 saturated carbocycles. The largest absolute Gasteiger partial charge is 0.394 e. The third kappa shape index (κ3) is 4.17. The van der Waals surface area contributed by atoms with Gasteiger partial charge in [-0.2, -0.15) is 0 Å². The Labute approximate surface area is 147 Å². The van der Waals surface area contributed by atoms with Gasteiger partial charge in [0.05, 0.1) is 18.2 Å². The van der Waals surface area contributed by atoms with Gasteiger partial charge < -0.3 is 15.7 Å². The van der Waals surface area contributed by atoms with Crippen LogP contribution in [-0.4, -0.2) is 23.3 Å². The van der Waals surface area contributed by atoms with E-state index in [4.69, 9.17) is 0 Å². The van der Waals surface area contributed by atoms with Crippen molar-refractivity contribution in [2.45, 2.75) is 31.3 Å². The molecule has 25 heavy (non-hydrogen) atoms. The first-order valence-corrected chi connectivity index (χ1v) is 8.52. The van der Waals surface area contributed by atoms with Crippen molar-refractivity contribution in [3.05, 3.63) is 71.5 Å². The molecule has 5 heteroatoms. The van der Waals surface area contributed by atoms with Crippen LogP contribution in [0.15, 0.2) is 54.6 Å². The molecule has 2 aromatic carbocycles. The molecule has 3 N–H and O–H groups in total. The maximum atomic E-state index is 13.7. The molecule has 2 amide bonds. The van der Waals surface area contributed by atoms with Gasteiger partial charge in [-0.3, -0.25) is 0 Å². The number of carbonyl (C=O) groups excluding carboxylic acids is 1. The lowest BCUT2D eigenvalue weighted by Crippen LogP contribution is -2.54. The summed E-state index contributed by atoms with van der Waals surface area (Å²) in [5, 5.41) is 15.5. The Hall–Kier alpha value is -2.40. The van der Waals surface area contributed by atoms with E-state index in [9.17, 15) is 14.3 Å². The van der Waals surface area contributed by atoms with Gasteiger partial charge in [0, 0.05) is 0 Å². The van der Waals surface area contributed by atoms with Gasteiger partial charge in [-0.15, -0.1) is 0 Å². The monoisotopic (exact) mass is 342 g/mol. The van der Waals surface area contributed by atoms with E-state index in [0.717, 1.165) is 18.4 Å². The van der Waals surface area contributed by atoms with Gasteiger partial charge in [0.2, 0.25) is 0 Å². The number of hydrogen-bond acceptors (Lipinski definition) is 2. The lowest BCUT2D eigenvalue weighted by Gasteiger charge is -2.30. The van der Waals surface area contributed by atoms with Crippen LogP contribution in [0.3, 0.4) is 0 Å². The van der Waals surface area contributed by atoms with E-state index in [1.54, 1.807) is 12.1 Å². The topological polar surface area (TPSA) is 61.4 Å². The molecular formula is C20H23FN2O2. The Bertz CT molecular complexity index is 733. The van der Waals surface area contributed by atoms with E-state index in [2.05, 4.69) is 10.6 Å². The zero-order chi connectivity index (χ0) is 17.9. The zero-order valence-corrected chi connectivity index (χ0v) is 14.2. The molecule has 1 aliphatic rings. The van der Waals surface area contributed by atoms with Crippen molar-refractivity contribution in [2.75, 3.05) is 6.61 Å². The van der Waals surface area contributed by atoms with Gasteiger partial charge in [-0.1, -0.05) is 42.5 Å². The van der Waals surface area contributed by atoms with Crippen LogP contribution in [0.2, 0.25) is 0 Å². The van der Waals surface area contributed by atoms with Crippen molar-refractivity contribution >= 4 is 6.03 Å². The van der Waals surface area contributed by atoms with Crippen LogP contribution < -0.4 is 10.6 Å².